The maximum atomic E-state index is 13.6. The van der Waals surface area contributed by atoms with Crippen LogP contribution in [0.2, 0.25) is 0 Å². The fraction of sp³-hybridized carbons (Fsp3) is 0.304. The van der Waals surface area contributed by atoms with Crippen LogP contribution < -0.4 is 4.90 Å². The number of rotatable bonds is 7. The van der Waals surface area contributed by atoms with E-state index in [9.17, 15) is 18.0 Å². The summed E-state index contributed by atoms with van der Waals surface area (Å²) in [5, 5.41) is 0. The van der Waals surface area contributed by atoms with Gasteiger partial charge in [-0.3, -0.25) is 4.79 Å². The van der Waals surface area contributed by atoms with Crippen LogP contribution in [-0.2, 0) is 16.4 Å². The Labute approximate surface area is 172 Å². The van der Waals surface area contributed by atoms with Gasteiger partial charge in [-0.25, -0.2) is 4.98 Å². The summed E-state index contributed by atoms with van der Waals surface area (Å²) in [5.41, 5.74) is -0.441. The molecular weight excluding hydrogens is 393 g/mol. The highest BCUT2D eigenvalue weighted by atomic mass is 19.4. The zero-order valence-electron chi connectivity index (χ0n) is 16.2. The van der Waals surface area contributed by atoms with Gasteiger partial charge in [-0.1, -0.05) is 42.8 Å². The lowest BCUT2D eigenvalue weighted by atomic mass is 9.61. The van der Waals surface area contributed by atoms with E-state index >= 15 is 0 Å². The molecule has 156 valence electrons. The van der Waals surface area contributed by atoms with Gasteiger partial charge in [0.15, 0.2) is 12.2 Å². The quantitative estimate of drug-likeness (QED) is 0.482. The Morgan fingerprint density at radius 2 is 1.77 bits per heavy atom. The molecule has 4 nitrogen and oxygen atoms in total. The molecule has 0 saturated heterocycles. The molecule has 0 radical (unpaired) electrons. The van der Waals surface area contributed by atoms with Gasteiger partial charge in [-0.05, 0) is 36.6 Å². The zero-order valence-corrected chi connectivity index (χ0v) is 16.2. The first-order valence-corrected chi connectivity index (χ1v) is 9.79. The van der Waals surface area contributed by atoms with Crippen molar-refractivity contribution in [1.82, 2.24) is 4.98 Å². The molecule has 1 aliphatic rings. The number of benzene rings is 2. The minimum absolute atomic E-state index is 0.00482. The molecule has 0 bridgehead atoms. The van der Waals surface area contributed by atoms with E-state index in [0.717, 1.165) is 18.2 Å². The molecule has 0 atom stereocenters. The molecule has 0 spiro atoms. The molecule has 1 aromatic heterocycles. The van der Waals surface area contributed by atoms with E-state index in [1.165, 1.54) is 24.7 Å². The van der Waals surface area contributed by atoms with E-state index in [1.54, 1.807) is 11.0 Å². The summed E-state index contributed by atoms with van der Waals surface area (Å²) >= 11 is 0. The van der Waals surface area contributed by atoms with Gasteiger partial charge in [-0.2, -0.15) is 13.2 Å². The Bertz CT molecular complexity index is 997. The average molecular weight is 414 g/mol. The Kier molecular flexibility index (Phi) is 5.37. The summed E-state index contributed by atoms with van der Waals surface area (Å²) in [5.74, 6) is 0.264. The number of halogens is 3. The molecule has 1 heterocycles. The summed E-state index contributed by atoms with van der Waals surface area (Å²) in [6.07, 6.45) is 0.347. The number of para-hydroxylation sites is 1. The van der Waals surface area contributed by atoms with Crippen LogP contribution in [0.15, 0.2) is 71.6 Å². The third kappa shape index (κ3) is 3.97. The number of carbonyl (C=O) groups excluding carboxylic acids is 1. The zero-order chi connectivity index (χ0) is 21.2. The number of carbonyl (C=O) groups is 1. The predicted octanol–water partition coefficient (Wildman–Crippen LogP) is 5.91. The molecule has 30 heavy (non-hydrogen) atoms. The number of oxazole rings is 1. The lowest BCUT2D eigenvalue weighted by Gasteiger charge is -2.43. The summed E-state index contributed by atoms with van der Waals surface area (Å²) < 4.78 is 46.1. The van der Waals surface area contributed by atoms with Crippen LogP contribution in [0.25, 0.3) is 0 Å². The number of alkyl halides is 3. The van der Waals surface area contributed by atoms with Crippen LogP contribution in [0.3, 0.4) is 0 Å². The molecule has 2 aromatic carbocycles. The highest BCUT2D eigenvalue weighted by Crippen LogP contribution is 2.50. The predicted molar refractivity (Wildman–Crippen MR) is 107 cm³/mol. The first-order valence-electron chi connectivity index (χ1n) is 9.79. The van der Waals surface area contributed by atoms with E-state index in [0.29, 0.717) is 18.7 Å². The molecule has 3 aromatic rings. The number of ketones is 1. The topological polar surface area (TPSA) is 46.3 Å². The number of aromatic nitrogens is 1. The highest BCUT2D eigenvalue weighted by Gasteiger charge is 2.46. The second-order valence-electron chi connectivity index (χ2n) is 7.65. The van der Waals surface area contributed by atoms with Crippen molar-refractivity contribution < 1.29 is 22.4 Å². The van der Waals surface area contributed by atoms with Gasteiger partial charge in [0.05, 0.1) is 18.3 Å². The lowest BCUT2D eigenvalue weighted by molar-refractivity contribution is -0.139. The smallest absolute Gasteiger partial charge is 0.416 e. The maximum Gasteiger partial charge on any atom is 0.416 e. The Balaban J connectivity index is 1.60. The maximum absolute atomic E-state index is 13.6. The van der Waals surface area contributed by atoms with E-state index in [1.807, 2.05) is 30.3 Å². The fourth-order valence-electron chi connectivity index (χ4n) is 4.19. The Morgan fingerprint density at radius 3 is 2.37 bits per heavy atom. The van der Waals surface area contributed by atoms with Gasteiger partial charge in [0.2, 0.25) is 5.88 Å². The van der Waals surface area contributed by atoms with Crippen molar-refractivity contribution >= 4 is 17.4 Å². The third-order valence-corrected chi connectivity index (χ3v) is 5.74. The van der Waals surface area contributed by atoms with Gasteiger partial charge >= 0.3 is 6.18 Å². The largest absolute Gasteiger partial charge is 0.428 e. The second-order valence-corrected chi connectivity index (χ2v) is 7.65. The molecular formula is C23H21F3N2O2. The minimum atomic E-state index is -4.45. The van der Waals surface area contributed by atoms with Gasteiger partial charge in [0, 0.05) is 17.5 Å². The van der Waals surface area contributed by atoms with Gasteiger partial charge in [-0.15, -0.1) is 0 Å². The summed E-state index contributed by atoms with van der Waals surface area (Å²) in [7, 11) is 0. The van der Waals surface area contributed by atoms with Gasteiger partial charge < -0.3 is 9.32 Å². The van der Waals surface area contributed by atoms with Gasteiger partial charge in [0.1, 0.15) is 0 Å². The van der Waals surface area contributed by atoms with Crippen molar-refractivity contribution in [3.8, 4) is 0 Å². The lowest BCUT2D eigenvalue weighted by Crippen LogP contribution is -2.40. The summed E-state index contributed by atoms with van der Waals surface area (Å²) in [4.78, 5) is 18.7. The summed E-state index contributed by atoms with van der Waals surface area (Å²) in [6.45, 7) is -0.00482. The van der Waals surface area contributed by atoms with Crippen molar-refractivity contribution in [1.29, 1.82) is 0 Å². The van der Waals surface area contributed by atoms with Crippen molar-refractivity contribution in [2.45, 2.75) is 37.3 Å². The Morgan fingerprint density at radius 1 is 1.07 bits per heavy atom. The van der Waals surface area contributed by atoms with Gasteiger partial charge in [0.25, 0.3) is 0 Å². The molecule has 1 fully saturated rings. The third-order valence-electron chi connectivity index (χ3n) is 5.74. The molecule has 7 heteroatoms. The van der Waals surface area contributed by atoms with Crippen molar-refractivity contribution in [2.24, 2.45) is 0 Å². The van der Waals surface area contributed by atoms with E-state index in [4.69, 9.17) is 4.42 Å². The fourth-order valence-corrected chi connectivity index (χ4v) is 4.19. The van der Waals surface area contributed by atoms with Crippen molar-refractivity contribution in [3.63, 3.8) is 0 Å². The minimum Gasteiger partial charge on any atom is -0.428 e. The summed E-state index contributed by atoms with van der Waals surface area (Å²) in [6, 6.07) is 14.8. The standard InChI is InChI=1S/C23H21F3N2O2/c24-23(25,26)20-10-5-4-9-19(20)22(11-6-12-22)13-18(29)15-28(21-14-27-16-30-21)17-7-2-1-3-8-17/h1-5,7-10,14,16H,6,11-13,15H2. The number of Topliss-reactive ketones (excluding diaryl/α,β-unsaturated/α-hetero) is 1. The SMILES string of the molecule is O=C(CN(c1ccccc1)c1cnco1)CC1(c2ccccc2C(F)(F)F)CCC1. The van der Waals surface area contributed by atoms with E-state index in [2.05, 4.69) is 4.98 Å². The number of nitrogens with zero attached hydrogens (tertiary/aromatic N) is 2. The van der Waals surface area contributed by atoms with Crippen LogP contribution in [-0.4, -0.2) is 17.3 Å². The van der Waals surface area contributed by atoms with Crippen LogP contribution in [0.4, 0.5) is 24.7 Å². The van der Waals surface area contributed by atoms with Crippen molar-refractivity contribution in [2.75, 3.05) is 11.4 Å². The number of hydrogen-bond acceptors (Lipinski definition) is 4. The molecule has 0 N–H and O–H groups in total. The molecule has 4 rings (SSSR count). The van der Waals surface area contributed by atoms with Crippen LogP contribution in [0.5, 0.6) is 0 Å². The van der Waals surface area contributed by atoms with E-state index in [-0.39, 0.29) is 24.3 Å². The van der Waals surface area contributed by atoms with Crippen LogP contribution in [0.1, 0.15) is 36.8 Å². The highest BCUT2D eigenvalue weighted by molar-refractivity contribution is 5.86. The Hall–Kier alpha value is -3.09. The first-order chi connectivity index (χ1) is 14.4. The second kappa shape index (κ2) is 7.97. The monoisotopic (exact) mass is 414 g/mol. The average Bonchev–Trinajstić information content (AvgIpc) is 3.23. The molecule has 1 aliphatic carbocycles. The number of hydrogen-bond donors (Lipinski definition) is 0. The van der Waals surface area contributed by atoms with Crippen LogP contribution in [0, 0.1) is 0 Å². The molecule has 0 amide bonds. The molecule has 0 unspecified atom stereocenters. The molecule has 0 aliphatic heterocycles. The van der Waals surface area contributed by atoms with E-state index < -0.39 is 17.2 Å². The first kappa shape index (κ1) is 20.2. The number of anilines is 2. The normalized spacial score (nSPS) is 15.4. The van der Waals surface area contributed by atoms with Crippen LogP contribution >= 0.6 is 0 Å². The molecule has 1 saturated carbocycles. The van der Waals surface area contributed by atoms with Crippen molar-refractivity contribution in [3.05, 3.63) is 78.3 Å².